The molecule has 1 aliphatic heterocycles. The van der Waals surface area contributed by atoms with E-state index in [1.54, 1.807) is 0 Å². The number of para-hydroxylation sites is 2. The SMILES string of the molecule is CN(CC(=O)N1CCn2c1nc1ccccc12)S(=O)(=O)c1ccc(Cl)cc1. The van der Waals surface area contributed by atoms with Crippen LogP contribution in [0.5, 0.6) is 0 Å². The molecule has 9 heteroatoms. The van der Waals surface area contributed by atoms with E-state index in [4.69, 9.17) is 11.6 Å². The summed E-state index contributed by atoms with van der Waals surface area (Å²) >= 11 is 5.81. The second-order valence-electron chi connectivity index (χ2n) is 6.31. The van der Waals surface area contributed by atoms with Crippen molar-refractivity contribution in [2.45, 2.75) is 11.4 Å². The summed E-state index contributed by atoms with van der Waals surface area (Å²) in [6, 6.07) is 13.5. The van der Waals surface area contributed by atoms with Crippen molar-refractivity contribution in [2.24, 2.45) is 0 Å². The molecule has 0 aliphatic carbocycles. The average molecular weight is 405 g/mol. The molecule has 0 spiro atoms. The van der Waals surface area contributed by atoms with Crippen molar-refractivity contribution in [2.75, 3.05) is 25.0 Å². The molecule has 3 aromatic rings. The van der Waals surface area contributed by atoms with Crippen LogP contribution in [-0.4, -0.2) is 48.3 Å². The van der Waals surface area contributed by atoms with E-state index in [-0.39, 0.29) is 17.3 Å². The van der Waals surface area contributed by atoms with Gasteiger partial charge in [-0.05, 0) is 36.4 Å². The third-order valence-corrected chi connectivity index (χ3v) is 6.67. The summed E-state index contributed by atoms with van der Waals surface area (Å²) in [4.78, 5) is 18.9. The summed E-state index contributed by atoms with van der Waals surface area (Å²) in [7, 11) is -2.39. The fourth-order valence-corrected chi connectivity index (χ4v) is 4.42. The standard InChI is InChI=1S/C18H17ClN4O3S/c1-21(27(25,26)14-8-6-13(19)7-9-14)12-17(24)23-11-10-22-16-5-3-2-4-15(16)20-18(22)23/h2-9H,10-12H2,1H3. The summed E-state index contributed by atoms with van der Waals surface area (Å²) in [5.74, 6) is 0.239. The summed E-state index contributed by atoms with van der Waals surface area (Å²) in [5, 5.41) is 0.448. The van der Waals surface area contributed by atoms with Crippen molar-refractivity contribution in [3.63, 3.8) is 0 Å². The number of imidazole rings is 1. The van der Waals surface area contributed by atoms with Gasteiger partial charge in [0.2, 0.25) is 21.9 Å². The Morgan fingerprint density at radius 1 is 1.15 bits per heavy atom. The van der Waals surface area contributed by atoms with Gasteiger partial charge in [-0.1, -0.05) is 23.7 Å². The maximum Gasteiger partial charge on any atom is 0.244 e. The maximum atomic E-state index is 12.8. The Balaban J connectivity index is 1.56. The van der Waals surface area contributed by atoms with Crippen molar-refractivity contribution < 1.29 is 13.2 Å². The highest BCUT2D eigenvalue weighted by atomic mass is 35.5. The normalized spacial score (nSPS) is 14.1. The molecule has 1 amide bonds. The molecular weight excluding hydrogens is 388 g/mol. The number of hydrogen-bond donors (Lipinski definition) is 0. The second kappa shape index (κ2) is 6.63. The van der Waals surface area contributed by atoms with E-state index in [0.717, 1.165) is 15.3 Å². The molecule has 0 fully saturated rings. The minimum absolute atomic E-state index is 0.0934. The molecular formula is C18H17ClN4O3S. The van der Waals surface area contributed by atoms with Crippen LogP contribution in [0.15, 0.2) is 53.4 Å². The van der Waals surface area contributed by atoms with E-state index < -0.39 is 10.0 Å². The van der Waals surface area contributed by atoms with Gasteiger partial charge in [0.05, 0.1) is 22.5 Å². The van der Waals surface area contributed by atoms with Crippen molar-refractivity contribution in [1.82, 2.24) is 13.9 Å². The van der Waals surface area contributed by atoms with Crippen LogP contribution >= 0.6 is 11.6 Å². The lowest BCUT2D eigenvalue weighted by molar-refractivity contribution is -0.118. The van der Waals surface area contributed by atoms with E-state index in [9.17, 15) is 13.2 Å². The Hall–Kier alpha value is -2.42. The first kappa shape index (κ1) is 18.0. The zero-order chi connectivity index (χ0) is 19.2. The lowest BCUT2D eigenvalue weighted by Crippen LogP contribution is -2.40. The van der Waals surface area contributed by atoms with Gasteiger partial charge in [0.1, 0.15) is 0 Å². The summed E-state index contributed by atoms with van der Waals surface area (Å²) in [5.41, 5.74) is 1.78. The van der Waals surface area contributed by atoms with Crippen LogP contribution in [0.25, 0.3) is 11.0 Å². The number of sulfonamides is 1. The number of amides is 1. The molecule has 0 N–H and O–H groups in total. The Morgan fingerprint density at radius 2 is 1.85 bits per heavy atom. The highest BCUT2D eigenvalue weighted by Crippen LogP contribution is 2.27. The predicted octanol–water partition coefficient (Wildman–Crippen LogP) is 2.36. The van der Waals surface area contributed by atoms with Gasteiger partial charge in [-0.2, -0.15) is 4.31 Å². The first-order valence-electron chi connectivity index (χ1n) is 8.35. The van der Waals surface area contributed by atoms with Gasteiger partial charge in [0, 0.05) is 25.2 Å². The van der Waals surface area contributed by atoms with Crippen molar-refractivity contribution in [3.05, 3.63) is 53.6 Å². The zero-order valence-corrected chi connectivity index (χ0v) is 16.1. The first-order chi connectivity index (χ1) is 12.9. The predicted molar refractivity (Wildman–Crippen MR) is 103 cm³/mol. The van der Waals surface area contributed by atoms with E-state index in [0.29, 0.717) is 24.1 Å². The quantitative estimate of drug-likeness (QED) is 0.669. The first-order valence-corrected chi connectivity index (χ1v) is 10.2. The Labute approximate surface area is 161 Å². The molecule has 0 unspecified atom stereocenters. The van der Waals surface area contributed by atoms with Gasteiger partial charge < -0.3 is 4.57 Å². The minimum atomic E-state index is -3.78. The minimum Gasteiger partial charge on any atom is -0.308 e. The fourth-order valence-electron chi connectivity index (χ4n) is 3.17. The zero-order valence-electron chi connectivity index (χ0n) is 14.5. The molecule has 2 aromatic carbocycles. The number of nitrogens with zero attached hydrogens (tertiary/aromatic N) is 4. The lowest BCUT2D eigenvalue weighted by atomic mass is 10.3. The molecule has 140 valence electrons. The third kappa shape index (κ3) is 3.09. The van der Waals surface area contributed by atoms with Crippen LogP contribution in [0.3, 0.4) is 0 Å². The molecule has 4 rings (SSSR count). The molecule has 0 saturated heterocycles. The van der Waals surface area contributed by atoms with Crippen molar-refractivity contribution in [1.29, 1.82) is 0 Å². The van der Waals surface area contributed by atoms with E-state index in [1.807, 2.05) is 28.8 Å². The van der Waals surface area contributed by atoms with Crippen LogP contribution in [0.4, 0.5) is 5.95 Å². The van der Waals surface area contributed by atoms with Crippen molar-refractivity contribution in [3.8, 4) is 0 Å². The van der Waals surface area contributed by atoms with Crippen LogP contribution in [0.1, 0.15) is 0 Å². The molecule has 1 aliphatic rings. The van der Waals surface area contributed by atoms with Crippen LogP contribution in [-0.2, 0) is 21.4 Å². The van der Waals surface area contributed by atoms with Gasteiger partial charge in [0.15, 0.2) is 0 Å². The smallest absolute Gasteiger partial charge is 0.244 e. The molecule has 7 nitrogen and oxygen atoms in total. The average Bonchev–Trinajstić information content (AvgIpc) is 3.21. The van der Waals surface area contributed by atoms with Gasteiger partial charge in [-0.25, -0.2) is 13.4 Å². The summed E-state index contributed by atoms with van der Waals surface area (Å²) in [6.07, 6.45) is 0. The van der Waals surface area contributed by atoms with Gasteiger partial charge in [-0.3, -0.25) is 9.69 Å². The van der Waals surface area contributed by atoms with E-state index in [2.05, 4.69) is 4.98 Å². The number of carbonyl (C=O) groups is 1. The number of carbonyl (C=O) groups excluding carboxylic acids is 1. The van der Waals surface area contributed by atoms with E-state index >= 15 is 0 Å². The topological polar surface area (TPSA) is 75.5 Å². The van der Waals surface area contributed by atoms with Crippen LogP contribution in [0, 0.1) is 0 Å². The van der Waals surface area contributed by atoms with Crippen LogP contribution < -0.4 is 4.90 Å². The molecule has 27 heavy (non-hydrogen) atoms. The van der Waals surface area contributed by atoms with Gasteiger partial charge >= 0.3 is 0 Å². The number of halogens is 1. The lowest BCUT2D eigenvalue weighted by Gasteiger charge is -2.20. The molecule has 0 saturated carbocycles. The largest absolute Gasteiger partial charge is 0.308 e. The molecule has 2 heterocycles. The number of benzene rings is 2. The number of fused-ring (bicyclic) bond motifs is 3. The number of hydrogen-bond acceptors (Lipinski definition) is 4. The number of rotatable bonds is 4. The highest BCUT2D eigenvalue weighted by Gasteiger charge is 2.31. The van der Waals surface area contributed by atoms with Crippen molar-refractivity contribution >= 4 is 44.5 Å². The monoisotopic (exact) mass is 404 g/mol. The van der Waals surface area contributed by atoms with E-state index in [1.165, 1.54) is 36.2 Å². The summed E-state index contributed by atoms with van der Waals surface area (Å²) < 4.78 is 28.4. The maximum absolute atomic E-state index is 12.8. The Bertz CT molecular complexity index is 1130. The third-order valence-electron chi connectivity index (χ3n) is 4.60. The number of aromatic nitrogens is 2. The second-order valence-corrected chi connectivity index (χ2v) is 8.79. The molecule has 0 bridgehead atoms. The Morgan fingerprint density at radius 3 is 2.59 bits per heavy atom. The fraction of sp³-hybridized carbons (Fsp3) is 0.222. The molecule has 0 radical (unpaired) electrons. The van der Waals surface area contributed by atoms with Crippen LogP contribution in [0.2, 0.25) is 5.02 Å². The molecule has 0 atom stereocenters. The number of likely N-dealkylation sites (N-methyl/N-ethyl adjacent to an activating group) is 1. The number of anilines is 1. The van der Waals surface area contributed by atoms with Gasteiger partial charge in [-0.15, -0.1) is 0 Å². The van der Waals surface area contributed by atoms with Gasteiger partial charge in [0.25, 0.3) is 0 Å². The summed E-state index contributed by atoms with van der Waals surface area (Å²) in [6.45, 7) is 0.838. The Kier molecular flexibility index (Phi) is 4.41. The molecule has 1 aromatic heterocycles. The highest BCUT2D eigenvalue weighted by molar-refractivity contribution is 7.89.